The minimum Gasteiger partial charge on any atom is -0.463 e. The number of hydrogen-bond donors (Lipinski definition) is 1. The van der Waals surface area contributed by atoms with Crippen molar-refractivity contribution in [3.05, 3.63) is 41.9 Å². The zero-order valence-corrected chi connectivity index (χ0v) is 10.6. The van der Waals surface area contributed by atoms with E-state index in [0.29, 0.717) is 17.1 Å². The predicted octanol–water partition coefficient (Wildman–Crippen LogP) is 1.95. The van der Waals surface area contributed by atoms with Gasteiger partial charge in [0.15, 0.2) is 0 Å². The zero-order valence-electron chi connectivity index (χ0n) is 10.6. The standard InChI is InChI=1S/C13H13N3O3/c1-8-7-11(16-12(15-8)13(17)18-2)19-10-5-3-9(14)4-6-10/h3-7H,14H2,1-2H3. The normalized spacial score (nSPS) is 10.0. The first kappa shape index (κ1) is 12.8. The summed E-state index contributed by atoms with van der Waals surface area (Å²) in [6, 6.07) is 8.48. The molecule has 0 amide bonds. The molecule has 0 saturated heterocycles. The highest BCUT2D eigenvalue weighted by Crippen LogP contribution is 2.21. The summed E-state index contributed by atoms with van der Waals surface area (Å²) in [4.78, 5) is 19.4. The number of nitrogens with zero attached hydrogens (tertiary/aromatic N) is 2. The van der Waals surface area contributed by atoms with Crippen LogP contribution in [0.1, 0.15) is 16.3 Å². The molecule has 0 fully saturated rings. The van der Waals surface area contributed by atoms with Gasteiger partial charge in [-0.25, -0.2) is 9.78 Å². The van der Waals surface area contributed by atoms with Crippen molar-refractivity contribution >= 4 is 11.7 Å². The number of carbonyl (C=O) groups excluding carboxylic acids is 1. The van der Waals surface area contributed by atoms with E-state index in [1.807, 2.05) is 0 Å². The molecule has 6 nitrogen and oxygen atoms in total. The van der Waals surface area contributed by atoms with E-state index in [9.17, 15) is 4.79 Å². The SMILES string of the molecule is COC(=O)c1nc(C)cc(Oc2ccc(N)cc2)n1. The van der Waals surface area contributed by atoms with E-state index in [1.165, 1.54) is 7.11 Å². The molecule has 0 unspecified atom stereocenters. The van der Waals surface area contributed by atoms with Gasteiger partial charge in [-0.1, -0.05) is 0 Å². The van der Waals surface area contributed by atoms with Crippen LogP contribution in [-0.4, -0.2) is 23.0 Å². The molecule has 0 aliphatic rings. The van der Waals surface area contributed by atoms with Gasteiger partial charge in [-0.05, 0) is 31.2 Å². The van der Waals surface area contributed by atoms with Crippen molar-refractivity contribution in [3.63, 3.8) is 0 Å². The summed E-state index contributed by atoms with van der Waals surface area (Å²) in [5.41, 5.74) is 6.84. The Balaban J connectivity index is 2.27. The van der Waals surface area contributed by atoms with Gasteiger partial charge in [0.25, 0.3) is 0 Å². The highest BCUT2D eigenvalue weighted by atomic mass is 16.5. The number of aryl methyl sites for hydroxylation is 1. The largest absolute Gasteiger partial charge is 0.463 e. The number of ether oxygens (including phenoxy) is 2. The van der Waals surface area contributed by atoms with Gasteiger partial charge < -0.3 is 15.2 Å². The first-order chi connectivity index (χ1) is 9.08. The second-order valence-corrected chi connectivity index (χ2v) is 3.83. The summed E-state index contributed by atoms with van der Waals surface area (Å²) in [5.74, 6) is 0.208. The fraction of sp³-hybridized carbons (Fsp3) is 0.154. The lowest BCUT2D eigenvalue weighted by molar-refractivity contribution is 0.0585. The molecule has 6 heteroatoms. The fourth-order valence-corrected chi connectivity index (χ4v) is 1.43. The van der Waals surface area contributed by atoms with E-state index >= 15 is 0 Å². The van der Waals surface area contributed by atoms with Crippen molar-refractivity contribution < 1.29 is 14.3 Å². The third kappa shape index (κ3) is 3.19. The van der Waals surface area contributed by atoms with Crippen LogP contribution < -0.4 is 10.5 Å². The monoisotopic (exact) mass is 259 g/mol. The maximum absolute atomic E-state index is 11.4. The quantitative estimate of drug-likeness (QED) is 0.669. The maximum atomic E-state index is 11.4. The molecular formula is C13H13N3O3. The Morgan fingerprint density at radius 3 is 2.53 bits per heavy atom. The van der Waals surface area contributed by atoms with Crippen LogP contribution in [0.5, 0.6) is 11.6 Å². The van der Waals surface area contributed by atoms with E-state index in [4.69, 9.17) is 10.5 Å². The second-order valence-electron chi connectivity index (χ2n) is 3.83. The molecule has 2 aromatic rings. The number of esters is 1. The van der Waals surface area contributed by atoms with Crippen molar-refractivity contribution in [3.8, 4) is 11.6 Å². The Morgan fingerprint density at radius 2 is 1.89 bits per heavy atom. The van der Waals surface area contributed by atoms with Crippen LogP contribution in [0.3, 0.4) is 0 Å². The summed E-state index contributed by atoms with van der Waals surface area (Å²) in [6.45, 7) is 1.74. The molecular weight excluding hydrogens is 246 g/mol. The van der Waals surface area contributed by atoms with Gasteiger partial charge in [0, 0.05) is 17.4 Å². The smallest absolute Gasteiger partial charge is 0.376 e. The molecule has 0 atom stereocenters. The first-order valence-corrected chi connectivity index (χ1v) is 5.56. The average molecular weight is 259 g/mol. The summed E-state index contributed by atoms with van der Waals surface area (Å²) in [6.07, 6.45) is 0. The number of hydrogen-bond acceptors (Lipinski definition) is 6. The van der Waals surface area contributed by atoms with Crippen molar-refractivity contribution in [2.45, 2.75) is 6.92 Å². The molecule has 0 radical (unpaired) electrons. The zero-order chi connectivity index (χ0) is 13.8. The molecule has 0 saturated carbocycles. The predicted molar refractivity (Wildman–Crippen MR) is 69.0 cm³/mol. The topological polar surface area (TPSA) is 87.3 Å². The molecule has 1 aromatic heterocycles. The minimum absolute atomic E-state index is 0.0343. The van der Waals surface area contributed by atoms with Gasteiger partial charge >= 0.3 is 5.97 Å². The molecule has 1 aromatic carbocycles. The first-order valence-electron chi connectivity index (χ1n) is 5.56. The molecule has 0 bridgehead atoms. The van der Waals surface area contributed by atoms with Crippen LogP contribution in [0, 0.1) is 6.92 Å². The van der Waals surface area contributed by atoms with Gasteiger partial charge in [0.05, 0.1) is 7.11 Å². The fourth-order valence-electron chi connectivity index (χ4n) is 1.43. The number of methoxy groups -OCH3 is 1. The van der Waals surface area contributed by atoms with Gasteiger partial charge in [0.1, 0.15) is 5.75 Å². The van der Waals surface area contributed by atoms with E-state index in [-0.39, 0.29) is 11.7 Å². The molecule has 0 spiro atoms. The molecule has 2 rings (SSSR count). The van der Waals surface area contributed by atoms with Crippen LogP contribution in [-0.2, 0) is 4.74 Å². The molecule has 2 N–H and O–H groups in total. The van der Waals surface area contributed by atoms with Crippen LogP contribution in [0.15, 0.2) is 30.3 Å². The Hall–Kier alpha value is -2.63. The Labute approximate surface area is 110 Å². The van der Waals surface area contributed by atoms with Crippen LogP contribution >= 0.6 is 0 Å². The van der Waals surface area contributed by atoms with Crippen LogP contribution in [0.25, 0.3) is 0 Å². The molecule has 19 heavy (non-hydrogen) atoms. The number of carbonyl (C=O) groups is 1. The molecule has 98 valence electrons. The van der Waals surface area contributed by atoms with Gasteiger partial charge in [0.2, 0.25) is 11.7 Å². The van der Waals surface area contributed by atoms with Crippen molar-refractivity contribution in [1.82, 2.24) is 9.97 Å². The number of aromatic nitrogens is 2. The summed E-state index contributed by atoms with van der Waals surface area (Å²) < 4.78 is 10.1. The molecule has 0 aliphatic heterocycles. The van der Waals surface area contributed by atoms with Gasteiger partial charge in [-0.15, -0.1) is 0 Å². The lowest BCUT2D eigenvalue weighted by Crippen LogP contribution is -2.09. The summed E-state index contributed by atoms with van der Waals surface area (Å²) >= 11 is 0. The average Bonchev–Trinajstić information content (AvgIpc) is 2.40. The number of rotatable bonds is 3. The van der Waals surface area contributed by atoms with Gasteiger partial charge in [-0.2, -0.15) is 4.98 Å². The number of benzene rings is 1. The number of nitrogens with two attached hydrogens (primary N) is 1. The van der Waals surface area contributed by atoms with Crippen molar-refractivity contribution in [2.24, 2.45) is 0 Å². The van der Waals surface area contributed by atoms with Crippen molar-refractivity contribution in [1.29, 1.82) is 0 Å². The summed E-state index contributed by atoms with van der Waals surface area (Å²) in [5, 5.41) is 0. The molecule has 0 aliphatic carbocycles. The van der Waals surface area contributed by atoms with E-state index in [0.717, 1.165) is 0 Å². The second kappa shape index (κ2) is 5.34. The Morgan fingerprint density at radius 1 is 1.21 bits per heavy atom. The van der Waals surface area contributed by atoms with E-state index in [2.05, 4.69) is 14.7 Å². The van der Waals surface area contributed by atoms with Crippen LogP contribution in [0.2, 0.25) is 0 Å². The van der Waals surface area contributed by atoms with Crippen LogP contribution in [0.4, 0.5) is 5.69 Å². The third-order valence-corrected chi connectivity index (χ3v) is 2.30. The lowest BCUT2D eigenvalue weighted by atomic mass is 10.3. The van der Waals surface area contributed by atoms with Gasteiger partial charge in [-0.3, -0.25) is 0 Å². The minimum atomic E-state index is -0.606. The Bertz CT molecular complexity index is 597. The highest BCUT2D eigenvalue weighted by molar-refractivity contribution is 5.85. The lowest BCUT2D eigenvalue weighted by Gasteiger charge is -2.07. The van der Waals surface area contributed by atoms with E-state index in [1.54, 1.807) is 37.3 Å². The number of anilines is 1. The molecule has 1 heterocycles. The van der Waals surface area contributed by atoms with E-state index < -0.39 is 5.97 Å². The Kier molecular flexibility index (Phi) is 3.61. The summed E-state index contributed by atoms with van der Waals surface area (Å²) in [7, 11) is 1.27. The maximum Gasteiger partial charge on any atom is 0.376 e. The number of nitrogen functional groups attached to an aromatic ring is 1. The van der Waals surface area contributed by atoms with Crippen molar-refractivity contribution in [2.75, 3.05) is 12.8 Å². The third-order valence-electron chi connectivity index (χ3n) is 2.30. The highest BCUT2D eigenvalue weighted by Gasteiger charge is 2.12.